The predicted octanol–water partition coefficient (Wildman–Crippen LogP) is 1.38. The van der Waals surface area contributed by atoms with Crippen LogP contribution in [-0.2, 0) is 4.79 Å². The van der Waals surface area contributed by atoms with E-state index in [0.717, 1.165) is 0 Å². The highest BCUT2D eigenvalue weighted by atomic mass is 35.5. The Morgan fingerprint density at radius 2 is 2.11 bits per heavy atom. The zero-order valence-electron chi connectivity index (χ0n) is 11.7. The minimum atomic E-state index is -0.703. The van der Waals surface area contributed by atoms with Gasteiger partial charge in [-0.3, -0.25) is 14.2 Å². The molecule has 0 saturated heterocycles. The van der Waals surface area contributed by atoms with Gasteiger partial charge in [-0.05, 0) is 27.7 Å². The van der Waals surface area contributed by atoms with Gasteiger partial charge >= 0.3 is 0 Å². The molecule has 0 aromatic carbocycles. The van der Waals surface area contributed by atoms with E-state index in [2.05, 4.69) is 10.3 Å². The lowest BCUT2D eigenvalue weighted by molar-refractivity contribution is -0.125. The summed E-state index contributed by atoms with van der Waals surface area (Å²) < 4.78 is 6.07. The van der Waals surface area contributed by atoms with E-state index < -0.39 is 11.6 Å². The van der Waals surface area contributed by atoms with Crippen LogP contribution in [0.25, 0.3) is 0 Å². The summed E-state index contributed by atoms with van der Waals surface area (Å²) in [4.78, 5) is 27.9. The van der Waals surface area contributed by atoms with E-state index in [0.29, 0.717) is 0 Å². The number of carbonyl (C=O) groups excluding carboxylic acids is 1. The van der Waals surface area contributed by atoms with Crippen molar-refractivity contribution in [1.29, 1.82) is 0 Å². The molecule has 0 fully saturated rings. The zero-order valence-corrected chi connectivity index (χ0v) is 12.4. The molecule has 0 aliphatic carbocycles. The Bertz CT molecular complexity index is 534. The van der Waals surface area contributed by atoms with Gasteiger partial charge in [-0.25, -0.2) is 4.98 Å². The number of nitrogens with zero attached hydrogens (tertiary/aromatic N) is 2. The van der Waals surface area contributed by atoms with Crippen molar-refractivity contribution in [3.63, 3.8) is 0 Å². The summed E-state index contributed by atoms with van der Waals surface area (Å²) in [5, 5.41) is 2.78. The third kappa shape index (κ3) is 3.70. The van der Waals surface area contributed by atoms with Gasteiger partial charge in [-0.15, -0.1) is 0 Å². The third-order valence-electron chi connectivity index (χ3n) is 2.41. The Kier molecular flexibility index (Phi) is 4.57. The molecule has 6 nitrogen and oxygen atoms in total. The van der Waals surface area contributed by atoms with Crippen LogP contribution in [-0.4, -0.2) is 28.1 Å². The Morgan fingerprint density at radius 3 is 2.58 bits per heavy atom. The van der Waals surface area contributed by atoms with Gasteiger partial charge in [0.25, 0.3) is 5.56 Å². The van der Waals surface area contributed by atoms with Crippen molar-refractivity contribution in [3.8, 4) is 5.75 Å². The van der Waals surface area contributed by atoms with Crippen molar-refractivity contribution in [2.75, 3.05) is 7.11 Å². The normalized spacial score (nSPS) is 12.9. The molecule has 1 N–H and O–H groups in total. The zero-order chi connectivity index (χ0) is 14.8. The molecular weight excluding hydrogens is 270 g/mol. The van der Waals surface area contributed by atoms with E-state index >= 15 is 0 Å². The maximum Gasteiger partial charge on any atom is 0.298 e. The Labute approximate surface area is 116 Å². The van der Waals surface area contributed by atoms with Crippen LogP contribution < -0.4 is 15.6 Å². The summed E-state index contributed by atoms with van der Waals surface area (Å²) in [6, 6.07) is -0.703. The predicted molar refractivity (Wildman–Crippen MR) is 72.7 cm³/mol. The highest BCUT2D eigenvalue weighted by molar-refractivity contribution is 6.30. The SMILES string of the molecule is COc1c(Cl)ncn(C(C)C(=O)NC(C)(C)C)c1=O. The Hall–Kier alpha value is -1.56. The number of aromatic nitrogens is 2. The minimum absolute atomic E-state index is 0.0211. The summed E-state index contributed by atoms with van der Waals surface area (Å²) in [6.07, 6.45) is 1.24. The molecule has 19 heavy (non-hydrogen) atoms. The Balaban J connectivity index is 3.11. The van der Waals surface area contributed by atoms with Gasteiger partial charge in [0.2, 0.25) is 11.7 Å². The van der Waals surface area contributed by atoms with E-state index in [-0.39, 0.29) is 22.3 Å². The second-order valence-corrected chi connectivity index (χ2v) is 5.55. The molecule has 0 saturated carbocycles. The van der Waals surface area contributed by atoms with E-state index in [4.69, 9.17) is 16.3 Å². The van der Waals surface area contributed by atoms with Crippen LogP contribution in [0.1, 0.15) is 33.7 Å². The first-order chi connectivity index (χ1) is 8.67. The van der Waals surface area contributed by atoms with Crippen LogP contribution in [0.3, 0.4) is 0 Å². The second kappa shape index (κ2) is 5.61. The van der Waals surface area contributed by atoms with Crippen LogP contribution in [0, 0.1) is 0 Å². The van der Waals surface area contributed by atoms with Gasteiger partial charge in [0.05, 0.1) is 7.11 Å². The molecule has 1 aromatic rings. The third-order valence-corrected chi connectivity index (χ3v) is 2.68. The molecule has 1 aromatic heterocycles. The summed E-state index contributed by atoms with van der Waals surface area (Å²) in [5.74, 6) is -0.347. The van der Waals surface area contributed by atoms with Gasteiger partial charge in [0.1, 0.15) is 12.4 Å². The standard InChI is InChI=1S/C12H18ClN3O3/c1-7(10(17)15-12(2,3)4)16-6-14-9(13)8(19-5)11(16)18/h6-7H,1-5H3,(H,15,17). The summed E-state index contributed by atoms with van der Waals surface area (Å²) in [7, 11) is 1.33. The lowest BCUT2D eigenvalue weighted by Crippen LogP contribution is -2.45. The first kappa shape index (κ1) is 15.5. The molecule has 1 heterocycles. The number of rotatable bonds is 3. The van der Waals surface area contributed by atoms with Crippen LogP contribution in [0.2, 0.25) is 5.15 Å². The average Bonchev–Trinajstić information content (AvgIpc) is 2.26. The first-order valence-electron chi connectivity index (χ1n) is 5.80. The minimum Gasteiger partial charge on any atom is -0.489 e. The Morgan fingerprint density at radius 1 is 1.53 bits per heavy atom. The molecule has 1 rings (SSSR count). The molecule has 0 aliphatic heterocycles. The fourth-order valence-electron chi connectivity index (χ4n) is 1.48. The maximum atomic E-state index is 12.1. The highest BCUT2D eigenvalue weighted by Gasteiger charge is 2.23. The van der Waals surface area contributed by atoms with Gasteiger partial charge in [-0.1, -0.05) is 11.6 Å². The second-order valence-electron chi connectivity index (χ2n) is 5.20. The average molecular weight is 288 g/mol. The number of methoxy groups -OCH3 is 1. The van der Waals surface area contributed by atoms with Crippen LogP contribution >= 0.6 is 11.6 Å². The summed E-state index contributed by atoms with van der Waals surface area (Å²) in [6.45, 7) is 7.20. The molecule has 1 unspecified atom stereocenters. The first-order valence-corrected chi connectivity index (χ1v) is 6.18. The smallest absolute Gasteiger partial charge is 0.298 e. The molecule has 0 bridgehead atoms. The van der Waals surface area contributed by atoms with Gasteiger partial charge < -0.3 is 10.1 Å². The van der Waals surface area contributed by atoms with Crippen molar-refractivity contribution in [2.45, 2.75) is 39.3 Å². The molecule has 1 amide bonds. The molecule has 106 valence electrons. The largest absolute Gasteiger partial charge is 0.489 e. The molecule has 0 aliphatic rings. The fourth-order valence-corrected chi connectivity index (χ4v) is 1.68. The number of hydrogen-bond donors (Lipinski definition) is 1. The van der Waals surface area contributed by atoms with Crippen molar-refractivity contribution < 1.29 is 9.53 Å². The topological polar surface area (TPSA) is 73.2 Å². The summed E-state index contributed by atoms with van der Waals surface area (Å²) >= 11 is 5.74. The molecule has 0 spiro atoms. The summed E-state index contributed by atoms with van der Waals surface area (Å²) in [5.41, 5.74) is -0.863. The number of amides is 1. The lowest BCUT2D eigenvalue weighted by atomic mass is 10.1. The quantitative estimate of drug-likeness (QED) is 0.853. The highest BCUT2D eigenvalue weighted by Crippen LogP contribution is 2.16. The number of hydrogen-bond acceptors (Lipinski definition) is 4. The van der Waals surface area contributed by atoms with Crippen molar-refractivity contribution >= 4 is 17.5 Å². The number of nitrogens with one attached hydrogen (secondary N) is 1. The van der Waals surface area contributed by atoms with E-state index in [1.807, 2.05) is 20.8 Å². The van der Waals surface area contributed by atoms with Gasteiger partial charge in [-0.2, -0.15) is 0 Å². The van der Waals surface area contributed by atoms with E-state index in [1.54, 1.807) is 6.92 Å². The molecule has 7 heteroatoms. The van der Waals surface area contributed by atoms with Crippen LogP contribution in [0.4, 0.5) is 0 Å². The van der Waals surface area contributed by atoms with E-state index in [1.165, 1.54) is 18.0 Å². The van der Waals surface area contributed by atoms with E-state index in [9.17, 15) is 9.59 Å². The van der Waals surface area contributed by atoms with Crippen molar-refractivity contribution in [1.82, 2.24) is 14.9 Å². The monoisotopic (exact) mass is 287 g/mol. The number of carbonyl (C=O) groups is 1. The van der Waals surface area contributed by atoms with Crippen LogP contribution in [0.5, 0.6) is 5.75 Å². The van der Waals surface area contributed by atoms with Crippen molar-refractivity contribution in [3.05, 3.63) is 21.8 Å². The maximum absolute atomic E-state index is 12.1. The molecule has 0 radical (unpaired) electrons. The molecule has 1 atom stereocenters. The van der Waals surface area contributed by atoms with Crippen molar-refractivity contribution in [2.24, 2.45) is 0 Å². The number of ether oxygens (including phenoxy) is 1. The fraction of sp³-hybridized carbons (Fsp3) is 0.583. The lowest BCUT2D eigenvalue weighted by Gasteiger charge is -2.24. The number of halogens is 1. The van der Waals surface area contributed by atoms with Crippen LogP contribution in [0.15, 0.2) is 11.1 Å². The van der Waals surface area contributed by atoms with Gasteiger partial charge in [0.15, 0.2) is 5.15 Å². The van der Waals surface area contributed by atoms with Gasteiger partial charge in [0, 0.05) is 5.54 Å². The molecular formula is C12H18ClN3O3.